The van der Waals surface area contributed by atoms with Crippen LogP contribution in [0.5, 0.6) is 0 Å². The van der Waals surface area contributed by atoms with Crippen molar-refractivity contribution in [1.82, 2.24) is 19.1 Å². The highest BCUT2D eigenvalue weighted by Gasteiger charge is 2.16. The lowest BCUT2D eigenvalue weighted by Gasteiger charge is -2.06. The fraction of sp³-hybridized carbons (Fsp3) is 0.385. The first-order chi connectivity index (χ1) is 10.5. The second-order valence-corrected chi connectivity index (χ2v) is 5.60. The predicted octanol–water partition coefficient (Wildman–Crippen LogP) is -0.768. The highest BCUT2D eigenvalue weighted by molar-refractivity contribution is 7.99. The number of aromatic amines is 1. The van der Waals surface area contributed by atoms with E-state index in [4.69, 9.17) is 0 Å². The number of aromatic nitrogens is 4. The van der Waals surface area contributed by atoms with Crippen molar-refractivity contribution in [2.45, 2.75) is 25.0 Å². The van der Waals surface area contributed by atoms with E-state index >= 15 is 0 Å². The highest BCUT2D eigenvalue weighted by atomic mass is 32.2. The average molecular weight is 323 g/mol. The third-order valence-electron chi connectivity index (χ3n) is 3.03. The first-order valence-corrected chi connectivity index (χ1v) is 7.57. The van der Waals surface area contributed by atoms with Gasteiger partial charge in [-0.2, -0.15) is 0 Å². The lowest BCUT2D eigenvalue weighted by atomic mass is 10.4. The molecule has 9 heteroatoms. The van der Waals surface area contributed by atoms with Crippen LogP contribution >= 0.6 is 11.8 Å². The number of imidazole rings is 1. The van der Waals surface area contributed by atoms with Crippen LogP contribution in [0.25, 0.3) is 11.2 Å². The van der Waals surface area contributed by atoms with E-state index in [0.717, 1.165) is 0 Å². The zero-order valence-electron chi connectivity index (χ0n) is 12.2. The van der Waals surface area contributed by atoms with Crippen LogP contribution < -0.4 is 16.4 Å². The van der Waals surface area contributed by atoms with Crippen molar-refractivity contribution in [3.8, 4) is 0 Å². The summed E-state index contributed by atoms with van der Waals surface area (Å²) in [4.78, 5) is 40.8. The minimum absolute atomic E-state index is 0.118. The molecule has 0 aliphatic rings. The van der Waals surface area contributed by atoms with E-state index in [9.17, 15) is 19.5 Å². The summed E-state index contributed by atoms with van der Waals surface area (Å²) in [6, 6.07) is 0. The maximum atomic E-state index is 12.1. The number of allylic oxidation sites excluding steroid dienone is 2. The minimum Gasteiger partial charge on any atom is -0.550 e. The molecule has 0 saturated heterocycles. The quantitative estimate of drug-likeness (QED) is 0.552. The molecule has 0 fully saturated rings. The van der Waals surface area contributed by atoms with E-state index in [1.54, 1.807) is 4.57 Å². The Hall–Kier alpha value is -2.29. The lowest BCUT2D eigenvalue weighted by Crippen LogP contribution is -2.29. The zero-order valence-corrected chi connectivity index (χ0v) is 13.0. The molecule has 0 spiro atoms. The number of carboxylic acid groups (broad SMARTS) is 1. The molecule has 0 amide bonds. The number of fused-ring (bicyclic) bond motifs is 1. The Bertz CT molecular complexity index is 846. The number of hydrogen-bond acceptors (Lipinski definition) is 6. The Morgan fingerprint density at radius 2 is 2.18 bits per heavy atom. The SMILES string of the molecule is C/C=C/Cn1c(SCCC(=O)[O-])nc2c1c(=O)[nH]c(=O)n2C. The van der Waals surface area contributed by atoms with Crippen LogP contribution in [0.2, 0.25) is 0 Å². The van der Waals surface area contributed by atoms with Crippen LogP contribution in [0.3, 0.4) is 0 Å². The Labute approximate surface area is 129 Å². The first-order valence-electron chi connectivity index (χ1n) is 6.59. The second-order valence-electron chi connectivity index (χ2n) is 4.53. The maximum absolute atomic E-state index is 12.1. The normalized spacial score (nSPS) is 11.5. The summed E-state index contributed by atoms with van der Waals surface area (Å²) in [6.45, 7) is 2.25. The number of nitrogens with one attached hydrogen (secondary N) is 1. The molecule has 2 rings (SSSR count). The number of hydrogen-bond donors (Lipinski definition) is 1. The molecule has 0 unspecified atom stereocenters. The fourth-order valence-electron chi connectivity index (χ4n) is 1.93. The molecule has 0 bridgehead atoms. The number of aryl methyl sites for hydroxylation is 1. The zero-order chi connectivity index (χ0) is 16.3. The molecule has 22 heavy (non-hydrogen) atoms. The van der Waals surface area contributed by atoms with Gasteiger partial charge in [0.05, 0.1) is 0 Å². The molecule has 2 aromatic heterocycles. The number of nitrogens with zero attached hydrogens (tertiary/aromatic N) is 3. The van der Waals surface area contributed by atoms with Gasteiger partial charge in [-0.05, 0) is 13.3 Å². The van der Waals surface area contributed by atoms with E-state index in [-0.39, 0.29) is 23.3 Å². The lowest BCUT2D eigenvalue weighted by molar-refractivity contribution is -0.305. The van der Waals surface area contributed by atoms with Gasteiger partial charge < -0.3 is 14.5 Å². The van der Waals surface area contributed by atoms with E-state index in [1.165, 1.54) is 23.4 Å². The molecular weight excluding hydrogens is 308 g/mol. The van der Waals surface area contributed by atoms with Crippen LogP contribution in [0, 0.1) is 0 Å². The van der Waals surface area contributed by atoms with Crippen molar-refractivity contribution in [1.29, 1.82) is 0 Å². The molecule has 118 valence electrons. The summed E-state index contributed by atoms with van der Waals surface area (Å²) in [5.74, 6) is -0.873. The van der Waals surface area contributed by atoms with Crippen molar-refractivity contribution in [2.24, 2.45) is 7.05 Å². The molecule has 0 aliphatic carbocycles. The molecule has 0 radical (unpaired) electrons. The van der Waals surface area contributed by atoms with Gasteiger partial charge in [0.2, 0.25) is 0 Å². The molecular formula is C13H15N4O4S-. The number of carboxylic acids is 1. The van der Waals surface area contributed by atoms with Gasteiger partial charge in [-0.15, -0.1) is 0 Å². The van der Waals surface area contributed by atoms with Crippen LogP contribution in [0.1, 0.15) is 13.3 Å². The van der Waals surface area contributed by atoms with Crippen molar-refractivity contribution in [3.05, 3.63) is 33.0 Å². The van der Waals surface area contributed by atoms with Gasteiger partial charge in [-0.3, -0.25) is 14.3 Å². The molecule has 0 aromatic carbocycles. The standard InChI is InChI=1S/C13H16N4O4S/c1-3-4-6-17-9-10(16(2)12(21)15-11(9)20)14-13(17)22-7-5-8(18)19/h3-4H,5-7H2,1-2H3,(H,18,19)(H,15,20,21)/p-1/b4-3+. The summed E-state index contributed by atoms with van der Waals surface area (Å²) >= 11 is 1.20. The smallest absolute Gasteiger partial charge is 0.329 e. The summed E-state index contributed by atoms with van der Waals surface area (Å²) in [7, 11) is 1.52. The minimum atomic E-state index is -1.14. The monoisotopic (exact) mass is 323 g/mol. The molecule has 0 aliphatic heterocycles. The largest absolute Gasteiger partial charge is 0.550 e. The van der Waals surface area contributed by atoms with Crippen LogP contribution in [0.15, 0.2) is 26.9 Å². The van der Waals surface area contributed by atoms with Crippen molar-refractivity contribution < 1.29 is 9.90 Å². The molecule has 2 heterocycles. The van der Waals surface area contributed by atoms with Crippen LogP contribution in [-0.2, 0) is 18.4 Å². The third kappa shape index (κ3) is 3.14. The van der Waals surface area contributed by atoms with Crippen LogP contribution in [0.4, 0.5) is 0 Å². The Balaban J connectivity index is 2.56. The van der Waals surface area contributed by atoms with E-state index in [2.05, 4.69) is 9.97 Å². The second kappa shape index (κ2) is 6.65. The number of thioether (sulfide) groups is 1. The summed E-state index contributed by atoms with van der Waals surface area (Å²) in [6.07, 6.45) is 3.55. The topological polar surface area (TPSA) is 113 Å². The third-order valence-corrected chi connectivity index (χ3v) is 4.01. The van der Waals surface area contributed by atoms with Gasteiger partial charge in [-0.1, -0.05) is 23.9 Å². The fourth-order valence-corrected chi connectivity index (χ4v) is 2.85. The van der Waals surface area contributed by atoms with E-state index < -0.39 is 17.2 Å². The molecule has 2 aromatic rings. The molecule has 0 atom stereocenters. The first kappa shape index (κ1) is 16.1. The number of carbonyl (C=O) groups is 1. The summed E-state index contributed by atoms with van der Waals surface area (Å²) in [5, 5.41) is 11.0. The van der Waals surface area contributed by atoms with Gasteiger partial charge in [0.25, 0.3) is 5.56 Å². The summed E-state index contributed by atoms with van der Waals surface area (Å²) in [5.41, 5.74) is -0.494. The van der Waals surface area contributed by atoms with Gasteiger partial charge in [0.1, 0.15) is 0 Å². The molecule has 8 nitrogen and oxygen atoms in total. The molecule has 0 saturated carbocycles. The van der Waals surface area contributed by atoms with Gasteiger partial charge in [-0.25, -0.2) is 9.78 Å². The van der Waals surface area contributed by atoms with Crippen molar-refractivity contribution >= 4 is 28.9 Å². The van der Waals surface area contributed by atoms with E-state index in [1.807, 2.05) is 19.1 Å². The van der Waals surface area contributed by atoms with Gasteiger partial charge in [0.15, 0.2) is 16.3 Å². The number of rotatable bonds is 6. The summed E-state index contributed by atoms with van der Waals surface area (Å²) < 4.78 is 2.92. The van der Waals surface area contributed by atoms with Crippen molar-refractivity contribution in [3.63, 3.8) is 0 Å². The number of aliphatic carboxylic acids is 1. The average Bonchev–Trinajstić information content (AvgIpc) is 2.81. The van der Waals surface area contributed by atoms with Gasteiger partial charge >= 0.3 is 5.69 Å². The maximum Gasteiger partial charge on any atom is 0.329 e. The van der Waals surface area contributed by atoms with Crippen molar-refractivity contribution in [2.75, 3.05) is 5.75 Å². The molecule has 1 N–H and O–H groups in total. The Morgan fingerprint density at radius 1 is 1.45 bits per heavy atom. The van der Waals surface area contributed by atoms with Gasteiger partial charge in [0, 0.05) is 25.3 Å². The predicted molar refractivity (Wildman–Crippen MR) is 80.8 cm³/mol. The number of H-pyrrole nitrogens is 1. The number of carbonyl (C=O) groups excluding carboxylic acids is 1. The Kier molecular flexibility index (Phi) is 4.86. The highest BCUT2D eigenvalue weighted by Crippen LogP contribution is 2.22. The Morgan fingerprint density at radius 3 is 2.82 bits per heavy atom. The van der Waals surface area contributed by atoms with E-state index in [0.29, 0.717) is 11.7 Å². The van der Waals surface area contributed by atoms with Crippen LogP contribution in [-0.4, -0.2) is 30.8 Å².